The summed E-state index contributed by atoms with van der Waals surface area (Å²) in [4.78, 5) is 15.1. The van der Waals surface area contributed by atoms with E-state index in [0.29, 0.717) is 11.3 Å². The predicted octanol–water partition coefficient (Wildman–Crippen LogP) is 4.73. The van der Waals surface area contributed by atoms with Crippen LogP contribution in [0.25, 0.3) is 0 Å². The Hall–Kier alpha value is -3.32. The van der Waals surface area contributed by atoms with Crippen molar-refractivity contribution in [1.29, 1.82) is 0 Å². The summed E-state index contributed by atoms with van der Waals surface area (Å²) in [6, 6.07) is 22.4. The van der Waals surface area contributed by atoms with Gasteiger partial charge in [-0.25, -0.2) is 8.42 Å². The minimum atomic E-state index is -3.66. The van der Waals surface area contributed by atoms with Crippen LogP contribution in [0.4, 0.5) is 17.1 Å². The second-order valence-electron chi connectivity index (χ2n) is 7.54. The van der Waals surface area contributed by atoms with Crippen molar-refractivity contribution in [2.75, 3.05) is 28.0 Å². The third-order valence-electron chi connectivity index (χ3n) is 5.30. The second-order valence-corrected chi connectivity index (χ2v) is 9.23. The molecule has 0 spiro atoms. The van der Waals surface area contributed by atoms with Crippen LogP contribution in [0.2, 0.25) is 0 Å². The number of nitrogens with one attached hydrogen (secondary N) is 2. The fraction of sp³-hybridized carbons (Fsp3) is 0.208. The summed E-state index contributed by atoms with van der Waals surface area (Å²) < 4.78 is 27.3. The average Bonchev–Trinajstić information content (AvgIpc) is 2.81. The molecular weight excluding hydrogens is 410 g/mol. The van der Waals surface area contributed by atoms with Crippen LogP contribution in [-0.2, 0) is 10.0 Å². The summed E-state index contributed by atoms with van der Waals surface area (Å²) in [7, 11) is -3.66. The van der Waals surface area contributed by atoms with Gasteiger partial charge in [0.25, 0.3) is 15.9 Å². The molecule has 3 aromatic carbocycles. The maximum absolute atomic E-state index is 12.6. The number of anilines is 3. The summed E-state index contributed by atoms with van der Waals surface area (Å²) >= 11 is 0. The number of carbonyl (C=O) groups is 1. The Morgan fingerprint density at radius 2 is 1.35 bits per heavy atom. The van der Waals surface area contributed by atoms with Gasteiger partial charge in [-0.2, -0.15) is 0 Å². The Morgan fingerprint density at radius 1 is 0.742 bits per heavy atom. The molecule has 7 heteroatoms. The van der Waals surface area contributed by atoms with Crippen LogP contribution in [0.15, 0.2) is 83.8 Å². The molecule has 160 valence electrons. The minimum Gasteiger partial charge on any atom is -0.372 e. The van der Waals surface area contributed by atoms with Crippen molar-refractivity contribution in [1.82, 2.24) is 0 Å². The number of nitrogens with zero attached hydrogens (tertiary/aromatic N) is 1. The van der Waals surface area contributed by atoms with Crippen molar-refractivity contribution in [3.05, 3.63) is 84.4 Å². The van der Waals surface area contributed by atoms with E-state index in [1.54, 1.807) is 42.5 Å². The van der Waals surface area contributed by atoms with E-state index in [-0.39, 0.29) is 10.8 Å². The van der Waals surface area contributed by atoms with Gasteiger partial charge in [0.05, 0.1) is 4.90 Å². The lowest BCUT2D eigenvalue weighted by molar-refractivity contribution is 0.102. The average molecular weight is 436 g/mol. The van der Waals surface area contributed by atoms with E-state index in [9.17, 15) is 13.2 Å². The van der Waals surface area contributed by atoms with Crippen LogP contribution in [0.5, 0.6) is 0 Å². The van der Waals surface area contributed by atoms with Crippen LogP contribution < -0.4 is 14.9 Å². The minimum absolute atomic E-state index is 0.185. The largest absolute Gasteiger partial charge is 0.372 e. The summed E-state index contributed by atoms with van der Waals surface area (Å²) in [5.41, 5.74) is 2.74. The van der Waals surface area contributed by atoms with Gasteiger partial charge in [0, 0.05) is 35.7 Å². The van der Waals surface area contributed by atoms with Crippen LogP contribution in [0.1, 0.15) is 29.6 Å². The topological polar surface area (TPSA) is 78.5 Å². The fourth-order valence-electron chi connectivity index (χ4n) is 3.61. The summed E-state index contributed by atoms with van der Waals surface area (Å²) in [6.45, 7) is 2.15. The molecule has 1 aliphatic heterocycles. The van der Waals surface area contributed by atoms with Crippen molar-refractivity contribution >= 4 is 33.0 Å². The normalized spacial score (nSPS) is 14.1. The molecule has 0 radical (unpaired) electrons. The molecule has 1 heterocycles. The first-order valence-electron chi connectivity index (χ1n) is 10.4. The van der Waals surface area contributed by atoms with Crippen LogP contribution in [0.3, 0.4) is 0 Å². The maximum Gasteiger partial charge on any atom is 0.261 e. The van der Waals surface area contributed by atoms with E-state index in [1.165, 1.54) is 37.1 Å². The summed E-state index contributed by atoms with van der Waals surface area (Å²) in [6.07, 6.45) is 3.73. The molecule has 1 aliphatic rings. The van der Waals surface area contributed by atoms with Crippen molar-refractivity contribution in [2.24, 2.45) is 0 Å². The van der Waals surface area contributed by atoms with E-state index in [1.807, 2.05) is 24.3 Å². The fourth-order valence-corrected chi connectivity index (χ4v) is 4.69. The molecule has 4 rings (SSSR count). The van der Waals surface area contributed by atoms with E-state index in [4.69, 9.17) is 0 Å². The lowest BCUT2D eigenvalue weighted by Gasteiger charge is -2.28. The first-order chi connectivity index (χ1) is 15.0. The van der Waals surface area contributed by atoms with Gasteiger partial charge in [-0.3, -0.25) is 9.52 Å². The van der Waals surface area contributed by atoms with Gasteiger partial charge >= 0.3 is 0 Å². The standard InChI is InChI=1S/C24H25N3O3S/c28-24(25-20-13-15-22(16-14-20)27-17-5-2-6-18-27)19-9-11-21(12-10-19)26-31(29,30)23-7-3-1-4-8-23/h1,3-4,7-16,26H,2,5-6,17-18H2,(H,25,28). The lowest BCUT2D eigenvalue weighted by Crippen LogP contribution is -2.29. The highest BCUT2D eigenvalue weighted by molar-refractivity contribution is 7.92. The van der Waals surface area contributed by atoms with Crippen LogP contribution >= 0.6 is 0 Å². The number of amides is 1. The van der Waals surface area contributed by atoms with Gasteiger partial charge in [0.2, 0.25) is 0 Å². The van der Waals surface area contributed by atoms with Gasteiger partial charge in [-0.1, -0.05) is 18.2 Å². The van der Waals surface area contributed by atoms with E-state index >= 15 is 0 Å². The third kappa shape index (κ3) is 5.24. The van der Waals surface area contributed by atoms with E-state index in [2.05, 4.69) is 14.9 Å². The van der Waals surface area contributed by atoms with E-state index < -0.39 is 10.0 Å². The maximum atomic E-state index is 12.6. The first kappa shape index (κ1) is 20.9. The van der Waals surface area contributed by atoms with Gasteiger partial charge in [0.1, 0.15) is 0 Å². The van der Waals surface area contributed by atoms with Crippen LogP contribution in [-0.4, -0.2) is 27.4 Å². The molecule has 0 aliphatic carbocycles. The number of rotatable bonds is 6. The van der Waals surface area contributed by atoms with Gasteiger partial charge in [0.15, 0.2) is 0 Å². The molecule has 1 amide bonds. The zero-order valence-corrected chi connectivity index (χ0v) is 17.9. The van der Waals surface area contributed by atoms with Crippen molar-refractivity contribution < 1.29 is 13.2 Å². The zero-order valence-electron chi connectivity index (χ0n) is 17.1. The number of hydrogen-bond donors (Lipinski definition) is 2. The quantitative estimate of drug-likeness (QED) is 0.587. The van der Waals surface area contributed by atoms with Gasteiger partial charge < -0.3 is 10.2 Å². The smallest absolute Gasteiger partial charge is 0.261 e. The molecule has 2 N–H and O–H groups in total. The number of sulfonamides is 1. The Kier molecular flexibility index (Phi) is 6.23. The van der Waals surface area contributed by atoms with Crippen molar-refractivity contribution in [2.45, 2.75) is 24.2 Å². The SMILES string of the molecule is O=C(Nc1ccc(N2CCCCC2)cc1)c1ccc(NS(=O)(=O)c2ccccc2)cc1. The Morgan fingerprint density at radius 3 is 2.00 bits per heavy atom. The predicted molar refractivity (Wildman–Crippen MR) is 124 cm³/mol. The number of piperidine rings is 1. The highest BCUT2D eigenvalue weighted by atomic mass is 32.2. The molecule has 0 bridgehead atoms. The molecular formula is C24H25N3O3S. The highest BCUT2D eigenvalue weighted by Crippen LogP contribution is 2.22. The second kappa shape index (κ2) is 9.22. The molecule has 3 aromatic rings. The van der Waals surface area contributed by atoms with Crippen molar-refractivity contribution in [3.63, 3.8) is 0 Å². The molecule has 6 nitrogen and oxygen atoms in total. The molecule has 0 aromatic heterocycles. The Labute approximate surface area is 183 Å². The third-order valence-corrected chi connectivity index (χ3v) is 6.70. The van der Waals surface area contributed by atoms with Gasteiger partial charge in [-0.15, -0.1) is 0 Å². The number of carbonyl (C=O) groups excluding carboxylic acids is 1. The van der Waals surface area contributed by atoms with Crippen molar-refractivity contribution in [3.8, 4) is 0 Å². The van der Waals surface area contributed by atoms with E-state index in [0.717, 1.165) is 18.8 Å². The number of benzene rings is 3. The Balaban J connectivity index is 1.38. The highest BCUT2D eigenvalue weighted by Gasteiger charge is 2.14. The first-order valence-corrected chi connectivity index (χ1v) is 11.8. The van der Waals surface area contributed by atoms with Crippen LogP contribution in [0, 0.1) is 0 Å². The molecule has 1 saturated heterocycles. The molecule has 0 atom stereocenters. The zero-order chi connectivity index (χ0) is 21.7. The summed E-state index contributed by atoms with van der Waals surface area (Å²) in [5.74, 6) is -0.247. The number of hydrogen-bond acceptors (Lipinski definition) is 4. The summed E-state index contributed by atoms with van der Waals surface area (Å²) in [5, 5.41) is 2.89. The molecule has 0 saturated carbocycles. The molecule has 31 heavy (non-hydrogen) atoms. The molecule has 1 fully saturated rings. The Bertz CT molecular complexity index is 1120. The monoisotopic (exact) mass is 435 g/mol. The lowest BCUT2D eigenvalue weighted by atomic mass is 10.1. The van der Waals surface area contributed by atoms with Gasteiger partial charge in [-0.05, 0) is 79.9 Å². The molecule has 0 unspecified atom stereocenters.